The van der Waals surface area contributed by atoms with E-state index in [0.717, 1.165) is 4.31 Å². The molecule has 3 rings (SSSR count). The lowest BCUT2D eigenvalue weighted by Crippen LogP contribution is -2.23. The van der Waals surface area contributed by atoms with E-state index < -0.39 is 22.0 Å². The highest BCUT2D eigenvalue weighted by Crippen LogP contribution is 2.34. The summed E-state index contributed by atoms with van der Waals surface area (Å²) in [5, 5.41) is 0. The summed E-state index contributed by atoms with van der Waals surface area (Å²) in [6.45, 7) is 1.68. The maximum Gasteiger partial charge on any atom is 0.573 e. The van der Waals surface area contributed by atoms with E-state index in [1.54, 1.807) is 25.1 Å². The third-order valence-corrected chi connectivity index (χ3v) is 6.05. The molecule has 0 bridgehead atoms. The molecule has 162 valence electrons. The number of hydroxylamine groups is 1. The molecule has 1 atom stereocenters. The highest BCUT2D eigenvalue weighted by atomic mass is 32.2. The fourth-order valence-corrected chi connectivity index (χ4v) is 3.62. The summed E-state index contributed by atoms with van der Waals surface area (Å²) in [4.78, 5) is 5.59. The number of hydrogen-bond acceptors (Lipinski definition) is 6. The van der Waals surface area contributed by atoms with Crippen LogP contribution in [0.2, 0.25) is 0 Å². The first-order valence-electron chi connectivity index (χ1n) is 8.63. The van der Waals surface area contributed by atoms with Crippen LogP contribution in [0.3, 0.4) is 0 Å². The minimum Gasteiger partial charge on any atom is -0.439 e. The number of nitrogens with zero attached hydrogens (tertiary/aromatic N) is 1. The fraction of sp³-hybridized carbons (Fsp3) is 0.263. The second kappa shape index (κ2) is 7.82. The summed E-state index contributed by atoms with van der Waals surface area (Å²) < 4.78 is 72.0. The van der Waals surface area contributed by atoms with Crippen molar-refractivity contribution in [3.63, 3.8) is 0 Å². The first-order valence-corrected chi connectivity index (χ1v) is 10.1. The number of rotatable bonds is 6. The summed E-state index contributed by atoms with van der Waals surface area (Å²) in [5.41, 5.74) is 2.12. The van der Waals surface area contributed by atoms with Crippen molar-refractivity contribution in [1.82, 2.24) is 9.79 Å². The van der Waals surface area contributed by atoms with Gasteiger partial charge >= 0.3 is 6.36 Å². The van der Waals surface area contributed by atoms with Crippen LogP contribution in [0.15, 0.2) is 65.4 Å². The highest BCUT2D eigenvalue weighted by molar-refractivity contribution is 7.89. The molecule has 0 fully saturated rings. The lowest BCUT2D eigenvalue weighted by Gasteiger charge is -2.20. The van der Waals surface area contributed by atoms with E-state index in [2.05, 4.69) is 10.2 Å². The number of alkyl halides is 3. The zero-order chi connectivity index (χ0) is 22.2. The minimum atomic E-state index is -4.77. The first kappa shape index (κ1) is 21.9. The Morgan fingerprint density at radius 1 is 1.07 bits per heavy atom. The lowest BCUT2D eigenvalue weighted by molar-refractivity contribution is -0.274. The van der Waals surface area contributed by atoms with E-state index in [-0.39, 0.29) is 22.3 Å². The Morgan fingerprint density at radius 3 is 2.33 bits per heavy atom. The predicted octanol–water partition coefficient (Wildman–Crippen LogP) is 3.51. The average Bonchev–Trinajstić information content (AvgIpc) is 3.03. The van der Waals surface area contributed by atoms with E-state index in [4.69, 9.17) is 9.57 Å². The van der Waals surface area contributed by atoms with Gasteiger partial charge in [-0.05, 0) is 36.8 Å². The van der Waals surface area contributed by atoms with Crippen molar-refractivity contribution in [3.8, 4) is 11.5 Å². The van der Waals surface area contributed by atoms with Gasteiger partial charge in [-0.15, -0.1) is 13.2 Å². The molecule has 1 aliphatic heterocycles. The lowest BCUT2D eigenvalue weighted by atomic mass is 9.96. The van der Waals surface area contributed by atoms with Crippen molar-refractivity contribution in [2.75, 3.05) is 14.1 Å². The summed E-state index contributed by atoms with van der Waals surface area (Å²) >= 11 is 0. The highest BCUT2D eigenvalue weighted by Gasteiger charge is 2.34. The molecule has 0 saturated carbocycles. The third-order valence-electron chi connectivity index (χ3n) is 4.24. The molecule has 0 radical (unpaired) electrons. The standard InChI is InChI=1S/C19H19F3N2O5S/c1-18(13-7-9-14(10-8-13)28-19(20,21)22)12-17(23-29-18)27-15-5-4-6-16(11-15)30(25,26)24(2)3/h4-12,23H,1-3H3/t18-/m0/s1. The Balaban J connectivity index is 1.77. The smallest absolute Gasteiger partial charge is 0.439 e. The quantitative estimate of drug-likeness (QED) is 0.735. The van der Waals surface area contributed by atoms with E-state index >= 15 is 0 Å². The van der Waals surface area contributed by atoms with Crippen LogP contribution < -0.4 is 15.0 Å². The minimum absolute atomic E-state index is 0.0625. The van der Waals surface area contributed by atoms with Gasteiger partial charge in [0.2, 0.25) is 15.9 Å². The summed E-state index contributed by atoms with van der Waals surface area (Å²) in [5.74, 6) is 0.117. The number of ether oxygens (including phenoxy) is 2. The molecule has 2 aromatic carbocycles. The van der Waals surface area contributed by atoms with Crippen LogP contribution in [-0.4, -0.2) is 33.2 Å². The number of benzene rings is 2. The van der Waals surface area contributed by atoms with Crippen LogP contribution in [0.25, 0.3) is 0 Å². The molecule has 0 unspecified atom stereocenters. The van der Waals surface area contributed by atoms with Crippen LogP contribution in [-0.2, 0) is 20.5 Å². The normalized spacial score (nSPS) is 19.4. The molecule has 0 aromatic heterocycles. The van der Waals surface area contributed by atoms with Crippen molar-refractivity contribution in [1.29, 1.82) is 0 Å². The van der Waals surface area contributed by atoms with Crippen molar-refractivity contribution in [3.05, 3.63) is 66.1 Å². The van der Waals surface area contributed by atoms with Crippen LogP contribution in [0.5, 0.6) is 11.5 Å². The zero-order valence-corrected chi connectivity index (χ0v) is 17.0. The van der Waals surface area contributed by atoms with Gasteiger partial charge in [0.15, 0.2) is 0 Å². The second-order valence-electron chi connectivity index (χ2n) is 6.76. The SMILES string of the molecule is CN(C)S(=O)(=O)c1cccc(OC2=C[C@@](C)(c3ccc(OC(F)(F)F)cc3)ON2)c1. The third kappa shape index (κ3) is 4.86. The molecule has 0 amide bonds. The van der Waals surface area contributed by atoms with Crippen LogP contribution >= 0.6 is 0 Å². The predicted molar refractivity (Wildman–Crippen MR) is 101 cm³/mol. The van der Waals surface area contributed by atoms with E-state index in [1.165, 1.54) is 50.5 Å². The van der Waals surface area contributed by atoms with Gasteiger partial charge in [-0.2, -0.15) is 0 Å². The molecule has 0 spiro atoms. The second-order valence-corrected chi connectivity index (χ2v) is 8.91. The Hall–Kier alpha value is -2.76. The molecule has 30 heavy (non-hydrogen) atoms. The molecule has 0 saturated heterocycles. The summed E-state index contributed by atoms with van der Waals surface area (Å²) in [7, 11) is -0.776. The van der Waals surface area contributed by atoms with E-state index in [0.29, 0.717) is 5.56 Å². The van der Waals surface area contributed by atoms with Gasteiger partial charge in [0.05, 0.1) is 4.90 Å². The Labute approximate surface area is 171 Å². The molecule has 11 heteroatoms. The Bertz CT molecular complexity index is 1050. The maximum absolute atomic E-state index is 12.3. The number of sulfonamides is 1. The molecule has 1 heterocycles. The number of halogens is 3. The molecule has 1 N–H and O–H groups in total. The Kier molecular flexibility index (Phi) is 5.72. The monoisotopic (exact) mass is 444 g/mol. The van der Waals surface area contributed by atoms with Gasteiger partial charge in [-0.3, -0.25) is 4.84 Å². The van der Waals surface area contributed by atoms with Crippen molar-refractivity contribution < 1.29 is 35.9 Å². The van der Waals surface area contributed by atoms with E-state index in [9.17, 15) is 21.6 Å². The van der Waals surface area contributed by atoms with Crippen LogP contribution in [0.4, 0.5) is 13.2 Å². The maximum atomic E-state index is 12.3. The van der Waals surface area contributed by atoms with Gasteiger partial charge in [0.1, 0.15) is 17.1 Å². The van der Waals surface area contributed by atoms with Crippen LogP contribution in [0.1, 0.15) is 12.5 Å². The Morgan fingerprint density at radius 2 is 1.73 bits per heavy atom. The van der Waals surface area contributed by atoms with Crippen molar-refractivity contribution in [2.24, 2.45) is 0 Å². The number of nitrogens with one attached hydrogen (secondary N) is 1. The van der Waals surface area contributed by atoms with Gasteiger partial charge in [-0.1, -0.05) is 18.2 Å². The molecule has 1 aliphatic rings. The largest absolute Gasteiger partial charge is 0.573 e. The summed E-state index contributed by atoms with van der Waals surface area (Å²) in [6.07, 6.45) is -3.19. The zero-order valence-electron chi connectivity index (χ0n) is 16.2. The molecule has 2 aromatic rings. The van der Waals surface area contributed by atoms with Crippen molar-refractivity contribution >= 4 is 10.0 Å². The molecular formula is C19H19F3N2O5S. The molecular weight excluding hydrogens is 425 g/mol. The first-order chi connectivity index (χ1) is 13.9. The van der Waals surface area contributed by atoms with E-state index in [1.807, 2.05) is 0 Å². The van der Waals surface area contributed by atoms with Crippen LogP contribution in [0, 0.1) is 0 Å². The molecule has 7 nitrogen and oxygen atoms in total. The van der Waals surface area contributed by atoms with Gasteiger partial charge in [-0.25, -0.2) is 18.2 Å². The number of hydrogen-bond donors (Lipinski definition) is 1. The molecule has 0 aliphatic carbocycles. The summed E-state index contributed by atoms with van der Waals surface area (Å²) in [6, 6.07) is 11.2. The van der Waals surface area contributed by atoms with Gasteiger partial charge < -0.3 is 9.47 Å². The van der Waals surface area contributed by atoms with Crippen molar-refractivity contribution in [2.45, 2.75) is 23.8 Å². The fourth-order valence-electron chi connectivity index (χ4n) is 2.68. The van der Waals surface area contributed by atoms with Gasteiger partial charge in [0, 0.05) is 26.2 Å². The average molecular weight is 444 g/mol. The topological polar surface area (TPSA) is 77.1 Å². The van der Waals surface area contributed by atoms with Gasteiger partial charge in [0.25, 0.3) is 0 Å².